The zero-order valence-electron chi connectivity index (χ0n) is 12.9. The van der Waals surface area contributed by atoms with Crippen LogP contribution in [0.15, 0.2) is 42.5 Å². The van der Waals surface area contributed by atoms with Gasteiger partial charge in [-0.05, 0) is 29.8 Å². The number of hydrogen-bond donors (Lipinski definition) is 1. The Kier molecular flexibility index (Phi) is 5.25. The number of benzene rings is 2. The SMILES string of the molecule is COC(=O)c1ccc(CNc2ccc(OC)cc2OC)cc1. The maximum absolute atomic E-state index is 11.4. The first-order valence-corrected chi connectivity index (χ1v) is 6.81. The van der Waals surface area contributed by atoms with E-state index in [-0.39, 0.29) is 5.97 Å². The number of ether oxygens (including phenoxy) is 3. The van der Waals surface area contributed by atoms with Crippen molar-refractivity contribution in [2.45, 2.75) is 6.54 Å². The number of hydrogen-bond acceptors (Lipinski definition) is 5. The average Bonchev–Trinajstić information content (AvgIpc) is 2.59. The standard InChI is InChI=1S/C17H19NO4/c1-20-14-8-9-15(16(10-14)21-2)18-11-12-4-6-13(7-5-12)17(19)22-3/h4-10,18H,11H2,1-3H3. The number of carbonyl (C=O) groups excluding carboxylic acids is 1. The number of carbonyl (C=O) groups is 1. The van der Waals surface area contributed by atoms with Gasteiger partial charge in [-0.1, -0.05) is 12.1 Å². The Bertz CT molecular complexity index is 638. The molecule has 116 valence electrons. The predicted octanol–water partition coefficient (Wildman–Crippen LogP) is 3.10. The van der Waals surface area contributed by atoms with Crippen molar-refractivity contribution in [3.63, 3.8) is 0 Å². The van der Waals surface area contributed by atoms with Crippen molar-refractivity contribution in [2.75, 3.05) is 26.6 Å². The summed E-state index contributed by atoms with van der Waals surface area (Å²) in [6.07, 6.45) is 0. The van der Waals surface area contributed by atoms with Gasteiger partial charge in [-0.15, -0.1) is 0 Å². The molecule has 0 unspecified atom stereocenters. The highest BCUT2D eigenvalue weighted by Crippen LogP contribution is 2.29. The minimum atomic E-state index is -0.337. The summed E-state index contributed by atoms with van der Waals surface area (Å²) >= 11 is 0. The molecule has 1 N–H and O–H groups in total. The molecule has 0 amide bonds. The van der Waals surface area contributed by atoms with Gasteiger partial charge in [0.15, 0.2) is 0 Å². The summed E-state index contributed by atoms with van der Waals surface area (Å²) in [4.78, 5) is 11.4. The molecule has 0 fully saturated rings. The fraction of sp³-hybridized carbons (Fsp3) is 0.235. The molecule has 0 aromatic heterocycles. The van der Waals surface area contributed by atoms with E-state index in [9.17, 15) is 4.79 Å². The van der Waals surface area contributed by atoms with E-state index >= 15 is 0 Å². The summed E-state index contributed by atoms with van der Waals surface area (Å²) in [5.74, 6) is 1.12. The quantitative estimate of drug-likeness (QED) is 0.831. The Labute approximate surface area is 129 Å². The van der Waals surface area contributed by atoms with Crippen LogP contribution in [0.3, 0.4) is 0 Å². The lowest BCUT2D eigenvalue weighted by Gasteiger charge is -2.12. The fourth-order valence-corrected chi connectivity index (χ4v) is 2.02. The Hall–Kier alpha value is -2.69. The van der Waals surface area contributed by atoms with Crippen molar-refractivity contribution in [2.24, 2.45) is 0 Å². The predicted molar refractivity (Wildman–Crippen MR) is 84.7 cm³/mol. The Morgan fingerprint density at radius 1 is 1.00 bits per heavy atom. The lowest BCUT2D eigenvalue weighted by atomic mass is 10.1. The van der Waals surface area contributed by atoms with Crippen LogP contribution < -0.4 is 14.8 Å². The van der Waals surface area contributed by atoms with Crippen LogP contribution in [0.2, 0.25) is 0 Å². The lowest BCUT2D eigenvalue weighted by Crippen LogP contribution is -2.04. The van der Waals surface area contributed by atoms with Gasteiger partial charge in [0.2, 0.25) is 0 Å². The highest BCUT2D eigenvalue weighted by molar-refractivity contribution is 5.89. The van der Waals surface area contributed by atoms with Crippen LogP contribution in [0.1, 0.15) is 15.9 Å². The molecule has 0 bridgehead atoms. The molecule has 0 saturated carbocycles. The molecule has 5 nitrogen and oxygen atoms in total. The van der Waals surface area contributed by atoms with Gasteiger partial charge in [-0.25, -0.2) is 4.79 Å². The number of anilines is 1. The van der Waals surface area contributed by atoms with Gasteiger partial charge in [0, 0.05) is 12.6 Å². The van der Waals surface area contributed by atoms with Crippen LogP contribution in [-0.4, -0.2) is 27.3 Å². The largest absolute Gasteiger partial charge is 0.497 e. The zero-order valence-corrected chi connectivity index (χ0v) is 12.9. The molecule has 2 aromatic rings. The smallest absolute Gasteiger partial charge is 0.337 e. The molecule has 0 aliphatic rings. The molecule has 0 aliphatic heterocycles. The number of esters is 1. The molecular weight excluding hydrogens is 282 g/mol. The second kappa shape index (κ2) is 7.36. The van der Waals surface area contributed by atoms with Gasteiger partial charge >= 0.3 is 5.97 Å². The molecule has 0 radical (unpaired) electrons. The van der Waals surface area contributed by atoms with Crippen molar-refractivity contribution in [3.8, 4) is 11.5 Å². The minimum absolute atomic E-state index is 0.337. The summed E-state index contributed by atoms with van der Waals surface area (Å²) in [5, 5.41) is 3.30. The van der Waals surface area contributed by atoms with E-state index in [2.05, 4.69) is 10.1 Å². The van der Waals surface area contributed by atoms with Crippen molar-refractivity contribution in [3.05, 3.63) is 53.6 Å². The van der Waals surface area contributed by atoms with Crippen LogP contribution >= 0.6 is 0 Å². The van der Waals surface area contributed by atoms with Gasteiger partial charge in [0.1, 0.15) is 11.5 Å². The number of methoxy groups -OCH3 is 3. The lowest BCUT2D eigenvalue weighted by molar-refractivity contribution is 0.0600. The molecule has 5 heteroatoms. The first-order valence-electron chi connectivity index (χ1n) is 6.81. The number of nitrogens with one attached hydrogen (secondary N) is 1. The van der Waals surface area contributed by atoms with Crippen molar-refractivity contribution < 1.29 is 19.0 Å². The molecule has 2 aromatic carbocycles. The summed E-state index contributed by atoms with van der Waals surface area (Å²) in [6, 6.07) is 12.8. The van der Waals surface area contributed by atoms with Crippen molar-refractivity contribution in [1.82, 2.24) is 0 Å². The van der Waals surface area contributed by atoms with Gasteiger partial charge < -0.3 is 19.5 Å². The fourth-order valence-electron chi connectivity index (χ4n) is 2.02. The topological polar surface area (TPSA) is 56.8 Å². The highest BCUT2D eigenvalue weighted by Gasteiger charge is 2.06. The first kappa shape index (κ1) is 15.7. The first-order chi connectivity index (χ1) is 10.7. The Morgan fingerprint density at radius 3 is 2.32 bits per heavy atom. The molecular formula is C17H19NO4. The third kappa shape index (κ3) is 3.69. The second-order valence-electron chi connectivity index (χ2n) is 4.61. The van der Waals surface area contributed by atoms with Crippen LogP contribution in [-0.2, 0) is 11.3 Å². The van der Waals surface area contributed by atoms with Gasteiger partial charge in [-0.3, -0.25) is 0 Å². The van der Waals surface area contributed by atoms with Crippen LogP contribution in [0.4, 0.5) is 5.69 Å². The highest BCUT2D eigenvalue weighted by atomic mass is 16.5. The van der Waals surface area contributed by atoms with E-state index in [1.165, 1.54) is 7.11 Å². The van der Waals surface area contributed by atoms with Crippen molar-refractivity contribution >= 4 is 11.7 Å². The normalized spacial score (nSPS) is 9.95. The molecule has 0 spiro atoms. The third-order valence-corrected chi connectivity index (χ3v) is 3.27. The van der Waals surface area contributed by atoms with E-state index in [0.29, 0.717) is 17.9 Å². The van der Waals surface area contributed by atoms with E-state index in [1.54, 1.807) is 26.4 Å². The number of rotatable bonds is 6. The molecule has 0 atom stereocenters. The summed E-state index contributed by atoms with van der Waals surface area (Å²) < 4.78 is 15.2. The second-order valence-corrected chi connectivity index (χ2v) is 4.61. The minimum Gasteiger partial charge on any atom is -0.497 e. The Morgan fingerprint density at radius 2 is 1.73 bits per heavy atom. The van der Waals surface area contributed by atoms with E-state index in [4.69, 9.17) is 9.47 Å². The maximum atomic E-state index is 11.4. The molecule has 2 rings (SSSR count). The average molecular weight is 301 g/mol. The summed E-state index contributed by atoms with van der Waals surface area (Å²) in [7, 11) is 4.60. The van der Waals surface area contributed by atoms with Gasteiger partial charge in [0.25, 0.3) is 0 Å². The monoisotopic (exact) mass is 301 g/mol. The maximum Gasteiger partial charge on any atom is 0.337 e. The zero-order chi connectivity index (χ0) is 15.9. The molecule has 0 saturated heterocycles. The summed E-state index contributed by atoms with van der Waals surface area (Å²) in [6.45, 7) is 0.615. The van der Waals surface area contributed by atoms with Crippen LogP contribution in [0.5, 0.6) is 11.5 Å². The van der Waals surface area contributed by atoms with Crippen LogP contribution in [0.25, 0.3) is 0 Å². The van der Waals surface area contributed by atoms with Gasteiger partial charge in [-0.2, -0.15) is 0 Å². The van der Waals surface area contributed by atoms with Crippen LogP contribution in [0, 0.1) is 0 Å². The Balaban J connectivity index is 2.05. The molecule has 0 heterocycles. The van der Waals surface area contributed by atoms with Crippen molar-refractivity contribution in [1.29, 1.82) is 0 Å². The summed E-state index contributed by atoms with van der Waals surface area (Å²) in [5.41, 5.74) is 2.46. The van der Waals surface area contributed by atoms with E-state index < -0.39 is 0 Å². The van der Waals surface area contributed by atoms with E-state index in [0.717, 1.165) is 17.0 Å². The molecule has 0 aliphatic carbocycles. The third-order valence-electron chi connectivity index (χ3n) is 3.27. The molecule has 22 heavy (non-hydrogen) atoms. The van der Waals surface area contributed by atoms with Gasteiger partial charge in [0.05, 0.1) is 32.6 Å². The van der Waals surface area contributed by atoms with E-state index in [1.807, 2.05) is 30.3 Å².